The summed E-state index contributed by atoms with van der Waals surface area (Å²) in [5.74, 6) is -0.455. The Hall–Kier alpha value is -3.03. The molecule has 2 rings (SSSR count). The van der Waals surface area contributed by atoms with Crippen LogP contribution in [0.4, 0.5) is 5.69 Å². The van der Waals surface area contributed by atoms with Crippen LogP contribution in [0, 0.1) is 10.1 Å². The van der Waals surface area contributed by atoms with Gasteiger partial charge in [-0.3, -0.25) is 19.9 Å². The molecule has 8 nitrogen and oxygen atoms in total. The smallest absolute Gasteiger partial charge is 0.308 e. The maximum atomic E-state index is 11.3. The summed E-state index contributed by atoms with van der Waals surface area (Å²) in [6, 6.07) is 4.38. The lowest BCUT2D eigenvalue weighted by Gasteiger charge is -2.09. The van der Waals surface area contributed by atoms with Gasteiger partial charge in [-0.25, -0.2) is 0 Å². The van der Waals surface area contributed by atoms with Gasteiger partial charge in [0.2, 0.25) is 0 Å². The highest BCUT2D eigenvalue weighted by atomic mass is 16.6. The van der Waals surface area contributed by atoms with E-state index in [1.165, 1.54) is 31.5 Å². The van der Waals surface area contributed by atoms with Crippen molar-refractivity contribution >= 4 is 28.8 Å². The third-order valence-electron chi connectivity index (χ3n) is 2.69. The van der Waals surface area contributed by atoms with Crippen LogP contribution in [0.25, 0.3) is 10.9 Å². The van der Waals surface area contributed by atoms with Crippen molar-refractivity contribution < 1.29 is 19.3 Å². The largest absolute Gasteiger partial charge is 0.424 e. The molecule has 0 aliphatic heterocycles. The van der Waals surface area contributed by atoms with Gasteiger partial charge in [0.1, 0.15) is 12.1 Å². The van der Waals surface area contributed by atoms with Gasteiger partial charge in [-0.15, -0.1) is 0 Å². The van der Waals surface area contributed by atoms with Crippen LogP contribution in [0.15, 0.2) is 29.6 Å². The number of nitrogens with zero attached hydrogens (tertiary/aromatic N) is 3. The monoisotopic (exact) mass is 303 g/mol. The summed E-state index contributed by atoms with van der Waals surface area (Å²) in [6.45, 7) is 3.32. The first-order valence-electron chi connectivity index (χ1n) is 6.44. The van der Waals surface area contributed by atoms with Gasteiger partial charge in [0.15, 0.2) is 5.75 Å². The zero-order valence-electron chi connectivity index (χ0n) is 12.0. The van der Waals surface area contributed by atoms with Crippen molar-refractivity contribution in [2.24, 2.45) is 5.16 Å². The summed E-state index contributed by atoms with van der Waals surface area (Å²) in [4.78, 5) is 30.9. The van der Waals surface area contributed by atoms with Crippen LogP contribution in [0.3, 0.4) is 0 Å². The lowest BCUT2D eigenvalue weighted by atomic mass is 10.1. The zero-order valence-corrected chi connectivity index (χ0v) is 12.0. The highest BCUT2D eigenvalue weighted by molar-refractivity contribution is 6.01. The van der Waals surface area contributed by atoms with Crippen molar-refractivity contribution in [2.45, 2.75) is 13.8 Å². The van der Waals surface area contributed by atoms with E-state index in [1.54, 1.807) is 13.0 Å². The first kappa shape index (κ1) is 15.4. The van der Waals surface area contributed by atoms with Gasteiger partial charge in [-0.2, -0.15) is 0 Å². The predicted molar refractivity (Wildman–Crippen MR) is 78.9 cm³/mol. The number of ether oxygens (including phenoxy) is 1. The molecular weight excluding hydrogens is 290 g/mol. The molecule has 1 aromatic heterocycles. The number of aromatic nitrogens is 1. The Labute approximate surface area is 125 Å². The van der Waals surface area contributed by atoms with Gasteiger partial charge in [-0.1, -0.05) is 5.16 Å². The van der Waals surface area contributed by atoms with Crippen LogP contribution in [0.5, 0.6) is 5.75 Å². The summed E-state index contributed by atoms with van der Waals surface area (Å²) < 4.78 is 5.15. The zero-order chi connectivity index (χ0) is 16.1. The molecule has 2 aromatic rings. The summed E-state index contributed by atoms with van der Waals surface area (Å²) in [5, 5.41) is 15.2. The van der Waals surface area contributed by atoms with Crippen LogP contribution in [0.2, 0.25) is 0 Å². The Bertz CT molecular complexity index is 757. The fourth-order valence-corrected chi connectivity index (χ4v) is 1.89. The number of rotatable bonds is 5. The molecule has 0 radical (unpaired) electrons. The summed E-state index contributed by atoms with van der Waals surface area (Å²) >= 11 is 0. The van der Waals surface area contributed by atoms with E-state index in [1.807, 2.05) is 0 Å². The number of nitro groups is 1. The molecule has 0 aliphatic rings. The van der Waals surface area contributed by atoms with E-state index in [0.29, 0.717) is 6.61 Å². The van der Waals surface area contributed by atoms with E-state index >= 15 is 0 Å². The molecule has 114 valence electrons. The fraction of sp³-hybridized carbons (Fsp3) is 0.214. The molecule has 0 saturated carbocycles. The van der Waals surface area contributed by atoms with Crippen molar-refractivity contribution in [3.05, 3.63) is 40.1 Å². The first-order chi connectivity index (χ1) is 10.5. The molecule has 0 unspecified atom stereocenters. The van der Waals surface area contributed by atoms with E-state index in [9.17, 15) is 14.9 Å². The van der Waals surface area contributed by atoms with Gasteiger partial charge in [0.05, 0.1) is 16.5 Å². The number of oxime groups is 1. The average molecular weight is 303 g/mol. The number of carbonyl (C=O) groups is 1. The lowest BCUT2D eigenvalue weighted by molar-refractivity contribution is -0.383. The van der Waals surface area contributed by atoms with Gasteiger partial charge >= 0.3 is 5.97 Å². The summed E-state index contributed by atoms with van der Waals surface area (Å²) in [7, 11) is 0. The molecule has 0 bridgehead atoms. The topological polar surface area (TPSA) is 104 Å². The Kier molecular flexibility index (Phi) is 4.62. The lowest BCUT2D eigenvalue weighted by Crippen LogP contribution is -2.06. The number of benzene rings is 1. The highest BCUT2D eigenvalue weighted by Gasteiger charge is 2.21. The second-order valence-electron chi connectivity index (χ2n) is 4.22. The van der Waals surface area contributed by atoms with Crippen molar-refractivity contribution in [1.29, 1.82) is 0 Å². The molecule has 22 heavy (non-hydrogen) atoms. The maximum Gasteiger partial charge on any atom is 0.308 e. The van der Waals surface area contributed by atoms with Gasteiger partial charge in [-0.05, 0) is 19.1 Å². The van der Waals surface area contributed by atoms with Crippen molar-refractivity contribution in [2.75, 3.05) is 6.61 Å². The van der Waals surface area contributed by atoms with Crippen LogP contribution < -0.4 is 4.74 Å². The number of non-ortho nitro benzene ring substituents is 1. The van der Waals surface area contributed by atoms with Crippen LogP contribution in [-0.2, 0) is 9.63 Å². The highest BCUT2D eigenvalue weighted by Crippen LogP contribution is 2.34. The molecule has 0 aliphatic carbocycles. The SMILES string of the molecule is CCO/N=C/c1cc([N+](=O)[O-])c2cccnc2c1OC(C)=O. The number of carbonyl (C=O) groups excluding carboxylic acids is 1. The molecule has 0 fully saturated rings. The van der Waals surface area contributed by atoms with E-state index < -0.39 is 10.9 Å². The number of esters is 1. The van der Waals surface area contributed by atoms with Crippen molar-refractivity contribution in [1.82, 2.24) is 4.98 Å². The molecule has 0 spiro atoms. The van der Waals surface area contributed by atoms with Crippen molar-refractivity contribution in [3.63, 3.8) is 0 Å². The minimum absolute atomic E-state index is 0.108. The second kappa shape index (κ2) is 6.61. The van der Waals surface area contributed by atoms with Crippen LogP contribution in [-0.4, -0.2) is 28.7 Å². The minimum Gasteiger partial charge on any atom is -0.424 e. The molecular formula is C14H13N3O5. The van der Waals surface area contributed by atoms with Gasteiger partial charge in [0, 0.05) is 24.8 Å². The van der Waals surface area contributed by atoms with E-state index in [2.05, 4.69) is 10.1 Å². The molecule has 0 saturated heterocycles. The number of fused-ring (bicyclic) bond motifs is 1. The molecule has 1 heterocycles. The molecule has 0 amide bonds. The van der Waals surface area contributed by atoms with Crippen LogP contribution in [0.1, 0.15) is 19.4 Å². The Morgan fingerprint density at radius 3 is 2.95 bits per heavy atom. The minimum atomic E-state index is -0.563. The quantitative estimate of drug-likeness (QED) is 0.276. The van der Waals surface area contributed by atoms with Crippen LogP contribution >= 0.6 is 0 Å². The van der Waals surface area contributed by atoms with Gasteiger partial charge in [0.25, 0.3) is 5.69 Å². The Balaban J connectivity index is 2.73. The average Bonchev–Trinajstić information content (AvgIpc) is 2.48. The van der Waals surface area contributed by atoms with E-state index in [-0.39, 0.29) is 27.9 Å². The fourth-order valence-electron chi connectivity index (χ4n) is 1.89. The first-order valence-corrected chi connectivity index (χ1v) is 6.44. The number of hydrogen-bond acceptors (Lipinski definition) is 7. The molecule has 0 atom stereocenters. The van der Waals surface area contributed by atoms with E-state index in [0.717, 1.165) is 0 Å². The number of pyridine rings is 1. The normalized spacial score (nSPS) is 10.8. The second-order valence-corrected chi connectivity index (χ2v) is 4.22. The third kappa shape index (κ3) is 3.17. The Morgan fingerprint density at radius 1 is 1.55 bits per heavy atom. The standard InChI is InChI=1S/C14H13N3O5/c1-3-21-16-8-10-7-12(17(19)20)11-5-4-6-15-13(11)14(10)22-9(2)18/h4-8H,3H2,1-2H3/b16-8+. The Morgan fingerprint density at radius 2 is 2.32 bits per heavy atom. The predicted octanol–water partition coefficient (Wildman–Crippen LogP) is 2.44. The molecule has 1 aromatic carbocycles. The third-order valence-corrected chi connectivity index (χ3v) is 2.69. The molecule has 8 heteroatoms. The maximum absolute atomic E-state index is 11.3. The number of nitro benzene ring substituents is 1. The van der Waals surface area contributed by atoms with Crippen molar-refractivity contribution in [3.8, 4) is 5.75 Å². The summed E-state index contributed by atoms with van der Waals surface area (Å²) in [5.41, 5.74) is 0.295. The summed E-state index contributed by atoms with van der Waals surface area (Å²) in [6.07, 6.45) is 2.71. The number of hydrogen-bond donors (Lipinski definition) is 0. The van der Waals surface area contributed by atoms with E-state index in [4.69, 9.17) is 9.57 Å². The van der Waals surface area contributed by atoms with Gasteiger partial charge < -0.3 is 9.57 Å². The molecule has 0 N–H and O–H groups in total.